The lowest BCUT2D eigenvalue weighted by atomic mass is 9.79. The van der Waals surface area contributed by atoms with Gasteiger partial charge in [0, 0.05) is 31.5 Å². The first kappa shape index (κ1) is 13.6. The highest BCUT2D eigenvalue weighted by Crippen LogP contribution is 2.47. The minimum atomic E-state index is 0.453. The van der Waals surface area contributed by atoms with Crippen molar-refractivity contribution in [3.8, 4) is 0 Å². The van der Waals surface area contributed by atoms with Crippen LogP contribution in [-0.2, 0) is 13.5 Å². The Hall–Kier alpha value is -0.830. The molecular formula is C15H27N3. The van der Waals surface area contributed by atoms with Crippen LogP contribution in [0, 0.1) is 11.3 Å². The molecule has 0 aliphatic heterocycles. The summed E-state index contributed by atoms with van der Waals surface area (Å²) >= 11 is 0. The van der Waals surface area contributed by atoms with E-state index in [1.165, 1.54) is 25.0 Å². The van der Waals surface area contributed by atoms with Crippen molar-refractivity contribution >= 4 is 0 Å². The van der Waals surface area contributed by atoms with Crippen molar-refractivity contribution in [3.05, 3.63) is 18.0 Å². The highest BCUT2D eigenvalue weighted by molar-refractivity contribution is 5.03. The summed E-state index contributed by atoms with van der Waals surface area (Å²) in [6.07, 6.45) is 7.14. The van der Waals surface area contributed by atoms with Crippen molar-refractivity contribution in [1.82, 2.24) is 15.1 Å². The first-order valence-corrected chi connectivity index (χ1v) is 7.21. The molecule has 0 bridgehead atoms. The van der Waals surface area contributed by atoms with E-state index in [4.69, 9.17) is 0 Å². The Kier molecular flexibility index (Phi) is 4.10. The summed E-state index contributed by atoms with van der Waals surface area (Å²) in [6, 6.07) is 2.73. The topological polar surface area (TPSA) is 29.9 Å². The molecule has 3 nitrogen and oxygen atoms in total. The Labute approximate surface area is 111 Å². The predicted octanol–water partition coefficient (Wildman–Crippen LogP) is 2.77. The molecule has 102 valence electrons. The van der Waals surface area contributed by atoms with Gasteiger partial charge in [0.05, 0.1) is 0 Å². The maximum absolute atomic E-state index is 4.25. The van der Waals surface area contributed by atoms with Crippen LogP contribution in [0.4, 0.5) is 0 Å². The van der Waals surface area contributed by atoms with Crippen molar-refractivity contribution in [2.45, 2.75) is 52.5 Å². The summed E-state index contributed by atoms with van der Waals surface area (Å²) in [5, 5.41) is 7.88. The van der Waals surface area contributed by atoms with Crippen molar-refractivity contribution < 1.29 is 0 Å². The van der Waals surface area contributed by atoms with Gasteiger partial charge in [0.15, 0.2) is 0 Å². The second-order valence-corrected chi connectivity index (χ2v) is 6.41. The quantitative estimate of drug-likeness (QED) is 0.805. The molecule has 1 aromatic rings. The maximum atomic E-state index is 4.25. The van der Waals surface area contributed by atoms with Crippen LogP contribution >= 0.6 is 0 Å². The van der Waals surface area contributed by atoms with Crippen LogP contribution < -0.4 is 5.32 Å². The number of nitrogens with one attached hydrogen (secondary N) is 1. The molecule has 0 saturated heterocycles. The summed E-state index contributed by atoms with van der Waals surface area (Å²) in [7, 11) is 2.04. The Balaban J connectivity index is 1.91. The van der Waals surface area contributed by atoms with Crippen molar-refractivity contribution in [3.63, 3.8) is 0 Å². The lowest BCUT2D eigenvalue weighted by Gasteiger charge is -2.31. The molecule has 1 N–H and O–H groups in total. The number of aromatic nitrogens is 2. The Morgan fingerprint density at radius 1 is 1.50 bits per heavy atom. The number of hydrogen-bond donors (Lipinski definition) is 1. The zero-order valence-corrected chi connectivity index (χ0v) is 12.2. The molecule has 2 rings (SSSR count). The molecule has 1 atom stereocenters. The molecule has 1 heterocycles. The standard InChI is InChI=1S/C15H27N3/c1-12(2)16-11-15(3,13-5-6-13)9-7-14-8-10-17-18(14)4/h8,10,12-13,16H,5-7,9,11H2,1-4H3. The fraction of sp³-hybridized carbons (Fsp3) is 0.800. The molecule has 1 aromatic heterocycles. The van der Waals surface area contributed by atoms with Crippen molar-refractivity contribution in [2.24, 2.45) is 18.4 Å². The second kappa shape index (κ2) is 5.43. The highest BCUT2D eigenvalue weighted by Gasteiger charge is 2.40. The van der Waals surface area contributed by atoms with Gasteiger partial charge in [-0.3, -0.25) is 4.68 Å². The molecule has 1 aliphatic carbocycles. The molecule has 0 spiro atoms. The zero-order chi connectivity index (χ0) is 13.2. The van der Waals surface area contributed by atoms with Crippen LogP contribution in [0.1, 0.15) is 45.7 Å². The number of hydrogen-bond acceptors (Lipinski definition) is 2. The summed E-state index contributed by atoms with van der Waals surface area (Å²) in [5.74, 6) is 0.928. The molecule has 1 saturated carbocycles. The smallest absolute Gasteiger partial charge is 0.0492 e. The highest BCUT2D eigenvalue weighted by atomic mass is 15.2. The lowest BCUT2D eigenvalue weighted by molar-refractivity contribution is 0.229. The van der Waals surface area contributed by atoms with Gasteiger partial charge in [-0.15, -0.1) is 0 Å². The van der Waals surface area contributed by atoms with Gasteiger partial charge >= 0.3 is 0 Å². The average molecular weight is 249 g/mol. The van der Waals surface area contributed by atoms with E-state index in [2.05, 4.69) is 37.3 Å². The normalized spacial score (nSPS) is 19.2. The summed E-state index contributed by atoms with van der Waals surface area (Å²) in [4.78, 5) is 0. The number of rotatable bonds is 7. The van der Waals surface area contributed by atoms with Crippen LogP contribution in [0.5, 0.6) is 0 Å². The third kappa shape index (κ3) is 3.35. The number of nitrogens with zero attached hydrogens (tertiary/aromatic N) is 2. The van der Waals surface area contributed by atoms with Gasteiger partial charge in [0.1, 0.15) is 0 Å². The molecular weight excluding hydrogens is 222 g/mol. The molecule has 0 radical (unpaired) electrons. The van der Waals surface area contributed by atoms with Crippen molar-refractivity contribution in [2.75, 3.05) is 6.54 Å². The summed E-state index contributed by atoms with van der Waals surface area (Å²) < 4.78 is 2.00. The van der Waals surface area contributed by atoms with Crippen LogP contribution in [0.2, 0.25) is 0 Å². The number of aryl methyl sites for hydroxylation is 2. The fourth-order valence-corrected chi connectivity index (χ4v) is 2.71. The second-order valence-electron chi connectivity index (χ2n) is 6.41. The van der Waals surface area contributed by atoms with E-state index in [9.17, 15) is 0 Å². The molecule has 1 aliphatic rings. The SMILES string of the molecule is CC(C)NCC(C)(CCc1ccnn1C)C1CC1. The van der Waals surface area contributed by atoms with Gasteiger partial charge in [-0.25, -0.2) is 0 Å². The van der Waals surface area contributed by atoms with E-state index in [1.54, 1.807) is 0 Å². The van der Waals surface area contributed by atoms with Gasteiger partial charge in [0.25, 0.3) is 0 Å². The zero-order valence-electron chi connectivity index (χ0n) is 12.2. The molecule has 0 aromatic carbocycles. The van der Waals surface area contributed by atoms with E-state index < -0.39 is 0 Å². The largest absolute Gasteiger partial charge is 0.314 e. The third-order valence-corrected chi connectivity index (χ3v) is 4.35. The Bertz CT molecular complexity index is 379. The van der Waals surface area contributed by atoms with E-state index in [0.29, 0.717) is 11.5 Å². The van der Waals surface area contributed by atoms with E-state index in [0.717, 1.165) is 18.9 Å². The monoisotopic (exact) mass is 249 g/mol. The minimum Gasteiger partial charge on any atom is -0.314 e. The summed E-state index contributed by atoms with van der Waals surface area (Å²) in [6.45, 7) is 8.06. The van der Waals surface area contributed by atoms with Crippen LogP contribution in [0.3, 0.4) is 0 Å². The van der Waals surface area contributed by atoms with Gasteiger partial charge in [0.2, 0.25) is 0 Å². The Morgan fingerprint density at radius 2 is 2.22 bits per heavy atom. The molecule has 18 heavy (non-hydrogen) atoms. The third-order valence-electron chi connectivity index (χ3n) is 4.35. The fourth-order valence-electron chi connectivity index (χ4n) is 2.71. The molecule has 1 fully saturated rings. The van der Waals surface area contributed by atoms with Gasteiger partial charge in [-0.1, -0.05) is 20.8 Å². The van der Waals surface area contributed by atoms with Gasteiger partial charge < -0.3 is 5.32 Å². The van der Waals surface area contributed by atoms with Crippen LogP contribution in [-0.4, -0.2) is 22.4 Å². The van der Waals surface area contributed by atoms with Gasteiger partial charge in [-0.2, -0.15) is 5.10 Å². The maximum Gasteiger partial charge on any atom is 0.0492 e. The molecule has 0 amide bonds. The van der Waals surface area contributed by atoms with Crippen molar-refractivity contribution in [1.29, 1.82) is 0 Å². The predicted molar refractivity (Wildman–Crippen MR) is 75.5 cm³/mol. The first-order valence-electron chi connectivity index (χ1n) is 7.21. The lowest BCUT2D eigenvalue weighted by Crippen LogP contribution is -2.37. The van der Waals surface area contributed by atoms with E-state index in [-0.39, 0.29) is 0 Å². The van der Waals surface area contributed by atoms with Crippen LogP contribution in [0.25, 0.3) is 0 Å². The Morgan fingerprint density at radius 3 is 2.72 bits per heavy atom. The van der Waals surface area contributed by atoms with E-state index >= 15 is 0 Å². The molecule has 3 heteroatoms. The first-order chi connectivity index (χ1) is 8.51. The van der Waals surface area contributed by atoms with Gasteiger partial charge in [-0.05, 0) is 43.1 Å². The average Bonchev–Trinajstić information content (AvgIpc) is 3.09. The van der Waals surface area contributed by atoms with E-state index in [1.807, 2.05) is 17.9 Å². The molecule has 1 unspecified atom stereocenters. The van der Waals surface area contributed by atoms with Crippen LogP contribution in [0.15, 0.2) is 12.3 Å². The minimum absolute atomic E-state index is 0.453. The summed E-state index contributed by atoms with van der Waals surface area (Å²) in [5.41, 5.74) is 1.81.